The summed E-state index contributed by atoms with van der Waals surface area (Å²) in [5.74, 6) is 1.16. The normalized spacial score (nSPS) is 18.6. The molecule has 2 heterocycles. The second-order valence-corrected chi connectivity index (χ2v) is 12.0. The number of amides is 1. The van der Waals surface area contributed by atoms with Gasteiger partial charge in [-0.25, -0.2) is 0 Å². The standard InChI is InChI=1S/C35H43N3O3/c1-23(2)41-32(39)20-31-24(3)37-25(4)33(34(31)38-19-18-27-12-8-9-13-30(27)22-38)28-14-16-29(17-15-28)35(40)36-21-26-10-6-5-7-11-26/h5-7,10-11,14-17,23,27,30H,8-9,12-13,18-22H2,1-4H3,(H,36,40). The number of anilines is 1. The smallest absolute Gasteiger partial charge is 0.310 e. The van der Waals surface area contributed by atoms with Crippen LogP contribution in [0.25, 0.3) is 11.1 Å². The predicted octanol–water partition coefficient (Wildman–Crippen LogP) is 6.81. The largest absolute Gasteiger partial charge is 0.463 e. The van der Waals surface area contributed by atoms with Gasteiger partial charge in [-0.2, -0.15) is 0 Å². The topological polar surface area (TPSA) is 71.5 Å². The molecule has 5 rings (SSSR count). The highest BCUT2D eigenvalue weighted by atomic mass is 16.5. The van der Waals surface area contributed by atoms with Gasteiger partial charge in [0.15, 0.2) is 0 Å². The van der Waals surface area contributed by atoms with Crippen LogP contribution in [0.2, 0.25) is 0 Å². The molecule has 1 amide bonds. The number of pyridine rings is 1. The van der Waals surface area contributed by atoms with Crippen molar-refractivity contribution in [2.45, 2.75) is 78.9 Å². The molecular formula is C35H43N3O3. The minimum absolute atomic E-state index is 0.101. The van der Waals surface area contributed by atoms with Crippen LogP contribution < -0.4 is 10.2 Å². The van der Waals surface area contributed by atoms with Crippen LogP contribution in [0.1, 0.15) is 78.8 Å². The van der Waals surface area contributed by atoms with Crippen LogP contribution in [0.5, 0.6) is 0 Å². The third-order valence-electron chi connectivity index (χ3n) is 8.68. The Morgan fingerprint density at radius 1 is 0.951 bits per heavy atom. The molecule has 6 nitrogen and oxygen atoms in total. The van der Waals surface area contributed by atoms with Crippen LogP contribution in [-0.2, 0) is 22.5 Å². The number of aromatic nitrogens is 1. The van der Waals surface area contributed by atoms with E-state index in [4.69, 9.17) is 9.72 Å². The Balaban J connectivity index is 1.48. The zero-order valence-corrected chi connectivity index (χ0v) is 24.9. The molecule has 0 bridgehead atoms. The molecule has 1 aliphatic carbocycles. The number of ether oxygens (including phenoxy) is 1. The first-order chi connectivity index (χ1) is 19.8. The third kappa shape index (κ3) is 6.80. The summed E-state index contributed by atoms with van der Waals surface area (Å²) in [6, 6.07) is 17.7. The zero-order chi connectivity index (χ0) is 28.9. The molecule has 216 valence electrons. The summed E-state index contributed by atoms with van der Waals surface area (Å²) >= 11 is 0. The molecule has 1 aromatic heterocycles. The van der Waals surface area contributed by atoms with Crippen LogP contribution in [0, 0.1) is 25.7 Å². The summed E-state index contributed by atoms with van der Waals surface area (Å²) in [5.41, 5.74) is 7.62. The van der Waals surface area contributed by atoms with Crippen LogP contribution in [-0.4, -0.2) is 36.1 Å². The summed E-state index contributed by atoms with van der Waals surface area (Å²) in [4.78, 5) is 33.3. The van der Waals surface area contributed by atoms with E-state index in [-0.39, 0.29) is 24.4 Å². The highest BCUT2D eigenvalue weighted by molar-refractivity contribution is 5.95. The van der Waals surface area contributed by atoms with E-state index in [9.17, 15) is 9.59 Å². The Kier molecular flexibility index (Phi) is 9.06. The first-order valence-electron chi connectivity index (χ1n) is 15.2. The summed E-state index contributed by atoms with van der Waals surface area (Å²) in [6.07, 6.45) is 6.47. The van der Waals surface area contributed by atoms with Crippen molar-refractivity contribution < 1.29 is 14.3 Å². The number of nitrogens with one attached hydrogen (secondary N) is 1. The van der Waals surface area contributed by atoms with Crippen molar-refractivity contribution in [1.29, 1.82) is 0 Å². The first kappa shape index (κ1) is 28.8. The summed E-state index contributed by atoms with van der Waals surface area (Å²) in [5, 5.41) is 3.02. The SMILES string of the molecule is Cc1nc(C)c(-c2ccc(C(=O)NCc3ccccc3)cc2)c(N2CCC3CCCCC3C2)c1CC(=O)OC(C)C. The average molecular weight is 554 g/mol. The fourth-order valence-corrected chi connectivity index (χ4v) is 6.70. The van der Waals surface area contributed by atoms with E-state index < -0.39 is 0 Å². The van der Waals surface area contributed by atoms with Crippen LogP contribution in [0.4, 0.5) is 5.69 Å². The lowest BCUT2D eigenvalue weighted by atomic mass is 9.75. The fraction of sp³-hybridized carbons (Fsp3) is 0.457. The molecule has 0 radical (unpaired) electrons. The van der Waals surface area contributed by atoms with Gasteiger partial charge >= 0.3 is 5.97 Å². The van der Waals surface area contributed by atoms with E-state index in [0.717, 1.165) is 58.3 Å². The van der Waals surface area contributed by atoms with Crippen molar-refractivity contribution in [2.24, 2.45) is 11.8 Å². The molecule has 0 spiro atoms. The van der Waals surface area contributed by atoms with Gasteiger partial charge in [0.1, 0.15) is 0 Å². The monoisotopic (exact) mass is 553 g/mol. The molecule has 1 N–H and O–H groups in total. The number of hydrogen-bond donors (Lipinski definition) is 1. The Morgan fingerprint density at radius 2 is 1.66 bits per heavy atom. The zero-order valence-electron chi connectivity index (χ0n) is 24.9. The van der Waals surface area contributed by atoms with E-state index in [1.54, 1.807) is 0 Å². The van der Waals surface area contributed by atoms with E-state index >= 15 is 0 Å². The Morgan fingerprint density at radius 3 is 2.37 bits per heavy atom. The van der Waals surface area contributed by atoms with Gasteiger partial charge in [0, 0.05) is 47.7 Å². The number of rotatable bonds is 8. The second-order valence-electron chi connectivity index (χ2n) is 12.0. The van der Waals surface area contributed by atoms with E-state index in [1.165, 1.54) is 32.1 Å². The van der Waals surface area contributed by atoms with E-state index in [0.29, 0.717) is 18.0 Å². The lowest BCUT2D eigenvalue weighted by Crippen LogP contribution is -2.42. The maximum atomic E-state index is 12.9. The fourth-order valence-electron chi connectivity index (χ4n) is 6.70. The molecule has 3 aromatic rings. The number of esters is 1. The van der Waals surface area contributed by atoms with Gasteiger partial charge in [0.25, 0.3) is 5.91 Å². The van der Waals surface area contributed by atoms with E-state index in [1.807, 2.05) is 75.4 Å². The number of piperidine rings is 1. The van der Waals surface area contributed by atoms with Gasteiger partial charge in [-0.1, -0.05) is 61.7 Å². The number of carbonyl (C=O) groups is 2. The van der Waals surface area contributed by atoms with Gasteiger partial charge in [0.2, 0.25) is 0 Å². The summed E-state index contributed by atoms with van der Waals surface area (Å²) < 4.78 is 5.58. The minimum atomic E-state index is -0.223. The maximum Gasteiger partial charge on any atom is 0.310 e. The summed E-state index contributed by atoms with van der Waals surface area (Å²) in [7, 11) is 0. The number of benzene rings is 2. The molecule has 1 saturated carbocycles. The summed E-state index contributed by atoms with van der Waals surface area (Å²) in [6.45, 7) is 10.3. The predicted molar refractivity (Wildman–Crippen MR) is 164 cm³/mol. The molecule has 2 unspecified atom stereocenters. The maximum absolute atomic E-state index is 12.9. The van der Waals surface area contributed by atoms with Crippen molar-refractivity contribution >= 4 is 17.6 Å². The lowest BCUT2D eigenvalue weighted by Gasteiger charge is -2.43. The molecule has 2 aromatic carbocycles. The van der Waals surface area contributed by atoms with Gasteiger partial charge in [0.05, 0.1) is 18.2 Å². The molecule has 2 atom stereocenters. The van der Waals surface area contributed by atoms with Gasteiger partial charge < -0.3 is 15.0 Å². The van der Waals surface area contributed by atoms with Crippen molar-refractivity contribution in [3.63, 3.8) is 0 Å². The molecule has 2 aliphatic rings. The Labute approximate surface area is 244 Å². The molecular weight excluding hydrogens is 510 g/mol. The van der Waals surface area contributed by atoms with Gasteiger partial charge in [-0.05, 0) is 75.6 Å². The van der Waals surface area contributed by atoms with E-state index in [2.05, 4.69) is 17.1 Å². The highest BCUT2D eigenvalue weighted by Gasteiger charge is 2.34. The molecule has 6 heteroatoms. The van der Waals surface area contributed by atoms with Crippen molar-refractivity contribution in [3.05, 3.63) is 82.7 Å². The van der Waals surface area contributed by atoms with Gasteiger partial charge in [-0.15, -0.1) is 0 Å². The van der Waals surface area contributed by atoms with Crippen LogP contribution in [0.3, 0.4) is 0 Å². The Hall–Kier alpha value is -3.67. The van der Waals surface area contributed by atoms with Crippen molar-refractivity contribution in [2.75, 3.05) is 18.0 Å². The van der Waals surface area contributed by atoms with Crippen molar-refractivity contribution in [3.8, 4) is 11.1 Å². The van der Waals surface area contributed by atoms with Crippen LogP contribution >= 0.6 is 0 Å². The first-order valence-corrected chi connectivity index (χ1v) is 15.2. The van der Waals surface area contributed by atoms with Gasteiger partial charge in [-0.3, -0.25) is 14.6 Å². The molecule has 2 fully saturated rings. The minimum Gasteiger partial charge on any atom is -0.463 e. The third-order valence-corrected chi connectivity index (χ3v) is 8.68. The Bertz CT molecular complexity index is 1370. The number of aryl methyl sites for hydroxylation is 2. The van der Waals surface area contributed by atoms with Crippen LogP contribution in [0.15, 0.2) is 54.6 Å². The number of hydrogen-bond acceptors (Lipinski definition) is 5. The molecule has 1 saturated heterocycles. The second kappa shape index (κ2) is 12.9. The molecule has 1 aliphatic heterocycles. The lowest BCUT2D eigenvalue weighted by molar-refractivity contribution is -0.146. The number of nitrogens with zero attached hydrogens (tertiary/aromatic N) is 2. The average Bonchev–Trinajstić information content (AvgIpc) is 2.97. The molecule has 41 heavy (non-hydrogen) atoms. The number of fused-ring (bicyclic) bond motifs is 1. The van der Waals surface area contributed by atoms with Crippen molar-refractivity contribution in [1.82, 2.24) is 10.3 Å². The quantitative estimate of drug-likeness (QED) is 0.311. The number of carbonyl (C=O) groups excluding carboxylic acids is 2. The highest BCUT2D eigenvalue weighted by Crippen LogP contribution is 2.43.